The van der Waals surface area contributed by atoms with Crippen molar-refractivity contribution >= 4 is 29.1 Å². The number of phenolic OH excluding ortho intramolecular Hbond substituents is 1. The summed E-state index contributed by atoms with van der Waals surface area (Å²) in [6, 6.07) is 5.46. The van der Waals surface area contributed by atoms with Crippen molar-refractivity contribution in [3.8, 4) is 5.75 Å². The third kappa shape index (κ3) is 6.37. The molecule has 0 bridgehead atoms. The van der Waals surface area contributed by atoms with Gasteiger partial charge in [-0.25, -0.2) is 0 Å². The van der Waals surface area contributed by atoms with E-state index < -0.39 is 7.12 Å². The molecule has 0 aliphatic carbocycles. The van der Waals surface area contributed by atoms with Gasteiger partial charge < -0.3 is 14.8 Å². The molecule has 1 atom stereocenters. The number of allylic oxidation sites excluding steroid dienone is 2. The van der Waals surface area contributed by atoms with E-state index in [0.29, 0.717) is 12.2 Å². The van der Waals surface area contributed by atoms with Crippen LogP contribution in [0.2, 0.25) is 6.32 Å². The lowest BCUT2D eigenvalue weighted by Crippen LogP contribution is -2.32. The second-order valence-corrected chi connectivity index (χ2v) is 8.36. The van der Waals surface area contributed by atoms with Crippen molar-refractivity contribution in [3.05, 3.63) is 57.6 Å². The largest absolute Gasteiger partial charge is 0.507 e. The van der Waals surface area contributed by atoms with Gasteiger partial charge in [-0.05, 0) is 54.5 Å². The quantitative estimate of drug-likeness (QED) is 0.485. The van der Waals surface area contributed by atoms with E-state index in [1.165, 1.54) is 5.57 Å². The Kier molecular flexibility index (Phi) is 8.40. The molecule has 0 spiro atoms. The van der Waals surface area contributed by atoms with Gasteiger partial charge >= 0.3 is 7.12 Å². The van der Waals surface area contributed by atoms with Gasteiger partial charge in [0.2, 0.25) is 0 Å². The smallest absolute Gasteiger partial charge is 0.458 e. The summed E-state index contributed by atoms with van der Waals surface area (Å²) in [4.78, 5) is 0. The van der Waals surface area contributed by atoms with Crippen molar-refractivity contribution in [3.63, 3.8) is 0 Å². The van der Waals surface area contributed by atoms with Gasteiger partial charge in [0.05, 0.1) is 6.10 Å². The standard InChI is InChI=1S/C22H30BBrO3/c1-5-6-17(13-18-14-19(24)8-9-21(18)25)7-10-22-20(16(4)15(2)3)11-12-23(26)27-22/h8-9,11,13-15,22,25-26H,4-7,10,12H2,1-3H3/b17-13+. The highest BCUT2D eigenvalue weighted by atomic mass is 79.9. The van der Waals surface area contributed by atoms with E-state index in [0.717, 1.165) is 46.9 Å². The molecule has 27 heavy (non-hydrogen) atoms. The lowest BCUT2D eigenvalue weighted by molar-refractivity contribution is 0.182. The topological polar surface area (TPSA) is 49.7 Å². The van der Waals surface area contributed by atoms with Crippen LogP contribution in [0.5, 0.6) is 5.75 Å². The van der Waals surface area contributed by atoms with Crippen molar-refractivity contribution in [1.82, 2.24) is 0 Å². The number of benzene rings is 1. The van der Waals surface area contributed by atoms with Crippen molar-refractivity contribution in [2.24, 2.45) is 5.92 Å². The Morgan fingerprint density at radius 2 is 2.15 bits per heavy atom. The average Bonchev–Trinajstić information content (AvgIpc) is 2.62. The minimum Gasteiger partial charge on any atom is -0.507 e. The predicted octanol–water partition coefficient (Wildman–Crippen LogP) is 6.14. The van der Waals surface area contributed by atoms with Crippen LogP contribution >= 0.6 is 15.9 Å². The maximum atomic E-state index is 10.1. The summed E-state index contributed by atoms with van der Waals surface area (Å²) in [6.07, 6.45) is 8.16. The molecule has 0 saturated heterocycles. The maximum absolute atomic E-state index is 10.1. The van der Waals surface area contributed by atoms with E-state index in [1.807, 2.05) is 12.1 Å². The fraction of sp³-hybridized carbons (Fsp3) is 0.455. The van der Waals surface area contributed by atoms with Crippen LogP contribution in [-0.4, -0.2) is 23.4 Å². The Balaban J connectivity index is 2.17. The first-order valence-corrected chi connectivity index (χ1v) is 10.5. The molecule has 0 amide bonds. The molecule has 1 unspecified atom stereocenters. The highest BCUT2D eigenvalue weighted by Gasteiger charge is 2.28. The first-order valence-electron chi connectivity index (χ1n) is 9.72. The fourth-order valence-corrected chi connectivity index (χ4v) is 3.72. The summed E-state index contributed by atoms with van der Waals surface area (Å²) < 4.78 is 6.78. The highest BCUT2D eigenvalue weighted by molar-refractivity contribution is 9.10. The molecule has 1 heterocycles. The summed E-state index contributed by atoms with van der Waals surface area (Å²) in [5, 5.41) is 20.1. The van der Waals surface area contributed by atoms with Crippen LogP contribution in [0.15, 0.2) is 52.0 Å². The van der Waals surface area contributed by atoms with Gasteiger partial charge in [-0.15, -0.1) is 0 Å². The van der Waals surface area contributed by atoms with Crippen LogP contribution in [0.25, 0.3) is 6.08 Å². The summed E-state index contributed by atoms with van der Waals surface area (Å²) in [5.41, 5.74) is 4.29. The van der Waals surface area contributed by atoms with Gasteiger partial charge in [0.25, 0.3) is 0 Å². The summed E-state index contributed by atoms with van der Waals surface area (Å²) in [6.45, 7) is 10.6. The van der Waals surface area contributed by atoms with Crippen LogP contribution in [0, 0.1) is 5.92 Å². The molecule has 0 aromatic heterocycles. The number of halogens is 1. The first-order chi connectivity index (χ1) is 12.8. The van der Waals surface area contributed by atoms with Crippen molar-refractivity contribution in [2.75, 3.05) is 0 Å². The molecule has 2 N–H and O–H groups in total. The molecule has 2 rings (SSSR count). The normalized spacial score (nSPS) is 18.0. The molecular weight excluding hydrogens is 403 g/mol. The molecular formula is C22H30BBrO3. The molecule has 1 aromatic carbocycles. The molecule has 0 saturated carbocycles. The van der Waals surface area contributed by atoms with E-state index in [-0.39, 0.29) is 11.9 Å². The first kappa shape index (κ1) is 22.0. The van der Waals surface area contributed by atoms with E-state index in [4.69, 9.17) is 4.65 Å². The minimum absolute atomic E-state index is 0.139. The lowest BCUT2D eigenvalue weighted by atomic mass is 9.76. The van der Waals surface area contributed by atoms with Gasteiger partial charge in [0.15, 0.2) is 0 Å². The summed E-state index contributed by atoms with van der Waals surface area (Å²) in [5.74, 6) is 0.631. The second kappa shape index (κ2) is 10.3. The van der Waals surface area contributed by atoms with E-state index in [2.05, 4.69) is 55.4 Å². The number of aromatic hydroxyl groups is 1. The second-order valence-electron chi connectivity index (χ2n) is 7.45. The number of rotatable bonds is 8. The highest BCUT2D eigenvalue weighted by Crippen LogP contribution is 2.32. The van der Waals surface area contributed by atoms with Crippen LogP contribution in [-0.2, 0) is 4.65 Å². The fourth-order valence-electron chi connectivity index (χ4n) is 3.34. The Bertz CT molecular complexity index is 724. The zero-order chi connectivity index (χ0) is 20.0. The van der Waals surface area contributed by atoms with Crippen molar-refractivity contribution in [2.45, 2.75) is 58.9 Å². The Morgan fingerprint density at radius 3 is 2.81 bits per heavy atom. The monoisotopic (exact) mass is 432 g/mol. The third-order valence-electron chi connectivity index (χ3n) is 4.92. The zero-order valence-corrected chi connectivity index (χ0v) is 18.1. The molecule has 5 heteroatoms. The number of hydrogen-bond acceptors (Lipinski definition) is 3. The SMILES string of the molecule is C=C(C1=CCB(O)OC1CC/C(=C/c1cc(Br)ccc1O)CCC)C(C)C. The van der Waals surface area contributed by atoms with Crippen LogP contribution in [0.1, 0.15) is 52.0 Å². The Morgan fingerprint density at radius 1 is 1.41 bits per heavy atom. The molecule has 0 radical (unpaired) electrons. The summed E-state index contributed by atoms with van der Waals surface area (Å²) in [7, 11) is -0.744. The van der Waals surface area contributed by atoms with Crippen LogP contribution in [0.3, 0.4) is 0 Å². The molecule has 1 aromatic rings. The average molecular weight is 433 g/mol. The van der Waals surface area contributed by atoms with Gasteiger partial charge in [0, 0.05) is 16.4 Å². The van der Waals surface area contributed by atoms with Crippen LogP contribution < -0.4 is 0 Å². The number of phenols is 1. The predicted molar refractivity (Wildman–Crippen MR) is 118 cm³/mol. The Hall–Kier alpha value is -1.30. The van der Waals surface area contributed by atoms with E-state index >= 15 is 0 Å². The molecule has 0 fully saturated rings. The molecule has 146 valence electrons. The van der Waals surface area contributed by atoms with Crippen LogP contribution in [0.4, 0.5) is 0 Å². The van der Waals surface area contributed by atoms with E-state index in [1.54, 1.807) is 6.07 Å². The Labute approximate surface area is 172 Å². The third-order valence-corrected chi connectivity index (χ3v) is 5.42. The van der Waals surface area contributed by atoms with Crippen molar-refractivity contribution in [1.29, 1.82) is 0 Å². The van der Waals surface area contributed by atoms with Crippen molar-refractivity contribution < 1.29 is 14.8 Å². The maximum Gasteiger partial charge on any atom is 0.458 e. The summed E-state index contributed by atoms with van der Waals surface area (Å²) >= 11 is 3.47. The van der Waals surface area contributed by atoms with Gasteiger partial charge in [-0.1, -0.05) is 67.4 Å². The zero-order valence-electron chi connectivity index (χ0n) is 16.5. The van der Waals surface area contributed by atoms with Gasteiger partial charge in [-0.2, -0.15) is 0 Å². The molecule has 1 aliphatic heterocycles. The van der Waals surface area contributed by atoms with E-state index in [9.17, 15) is 10.1 Å². The van der Waals surface area contributed by atoms with Gasteiger partial charge in [-0.3, -0.25) is 0 Å². The minimum atomic E-state index is -0.744. The van der Waals surface area contributed by atoms with Gasteiger partial charge in [0.1, 0.15) is 5.75 Å². The number of hydrogen-bond donors (Lipinski definition) is 2. The molecule has 3 nitrogen and oxygen atoms in total. The lowest BCUT2D eigenvalue weighted by Gasteiger charge is -2.30. The molecule has 1 aliphatic rings.